The molecule has 8 heteroatoms. The van der Waals surface area contributed by atoms with Gasteiger partial charge < -0.3 is 24.4 Å². The van der Waals surface area contributed by atoms with Crippen LogP contribution in [0.2, 0.25) is 0 Å². The van der Waals surface area contributed by atoms with Gasteiger partial charge in [-0.15, -0.1) is 0 Å². The first-order valence-corrected chi connectivity index (χ1v) is 10.9. The average molecular weight is 437 g/mol. The molecule has 0 bridgehead atoms. The van der Waals surface area contributed by atoms with Crippen molar-refractivity contribution >= 4 is 28.4 Å². The molecule has 1 aromatic heterocycles. The van der Waals surface area contributed by atoms with Crippen LogP contribution >= 0.6 is 0 Å². The zero-order valence-corrected chi connectivity index (χ0v) is 18.5. The SMILES string of the molecule is CCCCOc1nc(N2CCOCC2)nc2ccc(Oc3ccc(NC(C)=O)cc3)cc12. The number of morpholine rings is 1. The number of fused-ring (bicyclic) bond motifs is 1. The van der Waals surface area contributed by atoms with Crippen molar-refractivity contribution in [3.05, 3.63) is 42.5 Å². The summed E-state index contributed by atoms with van der Waals surface area (Å²) in [6.45, 7) is 7.06. The second-order valence-corrected chi connectivity index (χ2v) is 7.62. The Labute approximate surface area is 187 Å². The van der Waals surface area contributed by atoms with Crippen molar-refractivity contribution in [1.82, 2.24) is 9.97 Å². The van der Waals surface area contributed by atoms with Crippen LogP contribution in [-0.2, 0) is 9.53 Å². The largest absolute Gasteiger partial charge is 0.477 e. The highest BCUT2D eigenvalue weighted by Crippen LogP contribution is 2.32. The molecule has 168 valence electrons. The Balaban J connectivity index is 1.60. The van der Waals surface area contributed by atoms with Crippen molar-refractivity contribution in [2.24, 2.45) is 0 Å². The van der Waals surface area contributed by atoms with E-state index >= 15 is 0 Å². The van der Waals surface area contributed by atoms with E-state index < -0.39 is 0 Å². The number of hydrogen-bond donors (Lipinski definition) is 1. The lowest BCUT2D eigenvalue weighted by Crippen LogP contribution is -2.37. The normalized spacial score (nSPS) is 13.8. The van der Waals surface area contributed by atoms with Crippen LogP contribution in [0.3, 0.4) is 0 Å². The molecule has 0 radical (unpaired) electrons. The Kier molecular flexibility index (Phi) is 7.01. The van der Waals surface area contributed by atoms with Crippen LogP contribution < -0.4 is 19.7 Å². The van der Waals surface area contributed by atoms with E-state index in [2.05, 4.69) is 17.1 Å². The molecule has 1 saturated heterocycles. The molecular formula is C24H28N4O4. The summed E-state index contributed by atoms with van der Waals surface area (Å²) in [6, 6.07) is 12.9. The third kappa shape index (κ3) is 5.45. The van der Waals surface area contributed by atoms with Gasteiger partial charge in [-0.3, -0.25) is 4.79 Å². The van der Waals surface area contributed by atoms with E-state index in [1.54, 1.807) is 12.1 Å². The van der Waals surface area contributed by atoms with E-state index in [0.717, 1.165) is 42.5 Å². The fourth-order valence-electron chi connectivity index (χ4n) is 3.40. The predicted molar refractivity (Wildman–Crippen MR) is 124 cm³/mol. The van der Waals surface area contributed by atoms with Gasteiger partial charge in [0.2, 0.25) is 17.7 Å². The van der Waals surface area contributed by atoms with Gasteiger partial charge in [-0.25, -0.2) is 4.98 Å². The maximum atomic E-state index is 11.2. The van der Waals surface area contributed by atoms with Gasteiger partial charge in [-0.1, -0.05) is 13.3 Å². The Bertz CT molecular complexity index is 1070. The van der Waals surface area contributed by atoms with Gasteiger partial charge in [-0.2, -0.15) is 4.98 Å². The molecule has 4 rings (SSSR count). The van der Waals surface area contributed by atoms with Crippen LogP contribution in [0.1, 0.15) is 26.7 Å². The Morgan fingerprint density at radius 3 is 2.56 bits per heavy atom. The first-order valence-electron chi connectivity index (χ1n) is 10.9. The van der Waals surface area contributed by atoms with Crippen molar-refractivity contribution in [1.29, 1.82) is 0 Å². The number of anilines is 2. The second-order valence-electron chi connectivity index (χ2n) is 7.62. The minimum Gasteiger partial charge on any atom is -0.477 e. The standard InChI is InChI=1S/C24H28N4O4/c1-3-4-13-31-23-21-16-20(32-19-7-5-18(6-8-19)25-17(2)29)9-10-22(21)26-24(27-23)28-11-14-30-15-12-28/h5-10,16H,3-4,11-15H2,1-2H3,(H,25,29). The highest BCUT2D eigenvalue weighted by atomic mass is 16.5. The summed E-state index contributed by atoms with van der Waals surface area (Å²) in [7, 11) is 0. The number of ether oxygens (including phenoxy) is 3. The van der Waals surface area contributed by atoms with Crippen LogP contribution in [-0.4, -0.2) is 48.8 Å². The number of carbonyl (C=O) groups excluding carboxylic acids is 1. The molecular weight excluding hydrogens is 408 g/mol. The van der Waals surface area contributed by atoms with E-state index in [-0.39, 0.29) is 5.91 Å². The molecule has 2 aromatic carbocycles. The smallest absolute Gasteiger partial charge is 0.229 e. The van der Waals surface area contributed by atoms with Gasteiger partial charge in [0.15, 0.2) is 0 Å². The van der Waals surface area contributed by atoms with Crippen molar-refractivity contribution < 1.29 is 19.0 Å². The highest BCUT2D eigenvalue weighted by Gasteiger charge is 2.18. The Hall–Kier alpha value is -3.39. The minimum atomic E-state index is -0.111. The lowest BCUT2D eigenvalue weighted by Gasteiger charge is -2.27. The van der Waals surface area contributed by atoms with Crippen molar-refractivity contribution in [3.63, 3.8) is 0 Å². The molecule has 0 saturated carbocycles. The lowest BCUT2D eigenvalue weighted by atomic mass is 10.2. The molecule has 1 aliphatic heterocycles. The summed E-state index contributed by atoms with van der Waals surface area (Å²) >= 11 is 0. The molecule has 1 N–H and O–H groups in total. The molecule has 0 aliphatic carbocycles. The molecule has 3 aromatic rings. The van der Waals surface area contributed by atoms with Crippen LogP contribution in [0.4, 0.5) is 11.6 Å². The predicted octanol–water partition coefficient (Wildman–Crippen LogP) is 4.40. The van der Waals surface area contributed by atoms with E-state index in [1.165, 1.54) is 6.92 Å². The highest BCUT2D eigenvalue weighted by molar-refractivity contribution is 5.88. The number of hydrogen-bond acceptors (Lipinski definition) is 7. The van der Waals surface area contributed by atoms with Crippen molar-refractivity contribution in [3.8, 4) is 17.4 Å². The summed E-state index contributed by atoms with van der Waals surface area (Å²) < 4.78 is 17.5. The second kappa shape index (κ2) is 10.3. The van der Waals surface area contributed by atoms with Crippen molar-refractivity contribution in [2.45, 2.75) is 26.7 Å². The van der Waals surface area contributed by atoms with Gasteiger partial charge in [0.1, 0.15) is 11.5 Å². The van der Waals surface area contributed by atoms with E-state index in [4.69, 9.17) is 24.2 Å². The van der Waals surface area contributed by atoms with Gasteiger partial charge in [0, 0.05) is 25.7 Å². The number of rotatable bonds is 8. The molecule has 0 unspecified atom stereocenters. The molecule has 8 nitrogen and oxygen atoms in total. The summed E-state index contributed by atoms with van der Waals surface area (Å²) in [6.07, 6.45) is 2.00. The Morgan fingerprint density at radius 1 is 1.09 bits per heavy atom. The Morgan fingerprint density at radius 2 is 1.84 bits per heavy atom. The molecule has 0 atom stereocenters. The fraction of sp³-hybridized carbons (Fsp3) is 0.375. The molecule has 32 heavy (non-hydrogen) atoms. The lowest BCUT2D eigenvalue weighted by molar-refractivity contribution is -0.114. The maximum Gasteiger partial charge on any atom is 0.229 e. The molecule has 0 spiro atoms. The quantitative estimate of drug-likeness (QED) is 0.524. The number of benzene rings is 2. The summed E-state index contributed by atoms with van der Waals surface area (Å²) in [5.74, 6) is 2.44. The van der Waals surface area contributed by atoms with Gasteiger partial charge in [-0.05, 0) is 48.9 Å². The number of unbranched alkanes of at least 4 members (excludes halogenated alkanes) is 1. The molecule has 1 fully saturated rings. The van der Waals surface area contributed by atoms with Crippen molar-refractivity contribution in [2.75, 3.05) is 43.1 Å². The van der Waals surface area contributed by atoms with Crippen LogP contribution in [0.5, 0.6) is 17.4 Å². The zero-order chi connectivity index (χ0) is 22.3. The van der Waals surface area contributed by atoms with E-state index in [9.17, 15) is 4.79 Å². The van der Waals surface area contributed by atoms with Gasteiger partial charge in [0.05, 0.1) is 30.7 Å². The maximum absolute atomic E-state index is 11.2. The molecule has 1 amide bonds. The van der Waals surface area contributed by atoms with E-state index in [1.807, 2.05) is 30.3 Å². The summed E-state index contributed by atoms with van der Waals surface area (Å²) in [4.78, 5) is 22.8. The number of carbonyl (C=O) groups is 1. The average Bonchev–Trinajstić information content (AvgIpc) is 2.81. The fourth-order valence-corrected chi connectivity index (χ4v) is 3.40. The molecule has 2 heterocycles. The zero-order valence-electron chi connectivity index (χ0n) is 18.5. The molecule has 1 aliphatic rings. The summed E-state index contributed by atoms with van der Waals surface area (Å²) in [5.41, 5.74) is 1.53. The first kappa shape index (κ1) is 21.8. The third-order valence-corrected chi connectivity index (χ3v) is 5.06. The first-order chi connectivity index (χ1) is 15.6. The van der Waals surface area contributed by atoms with E-state index in [0.29, 0.717) is 43.1 Å². The number of nitrogens with one attached hydrogen (secondary N) is 1. The minimum absolute atomic E-state index is 0.111. The van der Waals surface area contributed by atoms with Crippen LogP contribution in [0.15, 0.2) is 42.5 Å². The monoisotopic (exact) mass is 436 g/mol. The van der Waals surface area contributed by atoms with Crippen LogP contribution in [0.25, 0.3) is 10.9 Å². The number of aromatic nitrogens is 2. The topological polar surface area (TPSA) is 85.8 Å². The number of nitrogens with zero attached hydrogens (tertiary/aromatic N) is 3. The van der Waals surface area contributed by atoms with Gasteiger partial charge >= 0.3 is 0 Å². The van der Waals surface area contributed by atoms with Gasteiger partial charge in [0.25, 0.3) is 0 Å². The van der Waals surface area contributed by atoms with Crippen LogP contribution in [0, 0.1) is 0 Å². The summed E-state index contributed by atoms with van der Waals surface area (Å²) in [5, 5.41) is 3.56. The third-order valence-electron chi connectivity index (χ3n) is 5.06. The number of amides is 1.